The molecule has 9 heteroatoms. The quantitative estimate of drug-likeness (QED) is 0.234. The predicted molar refractivity (Wildman–Crippen MR) is 126 cm³/mol. The maximum atomic E-state index is 12.8. The number of ether oxygens (including phenoxy) is 1. The third-order valence-electron chi connectivity index (χ3n) is 4.71. The van der Waals surface area contributed by atoms with Crippen LogP contribution in [-0.2, 0) is 6.54 Å². The fourth-order valence-corrected chi connectivity index (χ4v) is 4.50. The number of nitro groups is 1. The van der Waals surface area contributed by atoms with E-state index in [0.717, 1.165) is 41.0 Å². The molecule has 1 amide bonds. The summed E-state index contributed by atoms with van der Waals surface area (Å²) in [5.41, 5.74) is 1.34. The lowest BCUT2D eigenvalue weighted by Gasteiger charge is -2.06. The van der Waals surface area contributed by atoms with Crippen LogP contribution in [-0.4, -0.2) is 34.0 Å². The summed E-state index contributed by atoms with van der Waals surface area (Å²) >= 11 is 2.97. The van der Waals surface area contributed by atoms with Crippen LogP contribution in [0.5, 0.6) is 5.75 Å². The van der Waals surface area contributed by atoms with Gasteiger partial charge in [-0.1, -0.05) is 31.1 Å². The summed E-state index contributed by atoms with van der Waals surface area (Å²) in [7, 11) is 0. The molecule has 0 aliphatic rings. The Morgan fingerprint density at radius 1 is 1.23 bits per heavy atom. The van der Waals surface area contributed by atoms with E-state index in [2.05, 4.69) is 11.9 Å². The third-order valence-corrected chi connectivity index (χ3v) is 6.34. The summed E-state index contributed by atoms with van der Waals surface area (Å²) in [5, 5.41) is 11.1. The zero-order chi connectivity index (χ0) is 22.2. The van der Waals surface area contributed by atoms with E-state index >= 15 is 0 Å². The van der Waals surface area contributed by atoms with E-state index in [4.69, 9.17) is 4.74 Å². The standard InChI is InChI=1S/C22H25N3O4S2/c1-3-4-5-13-29-18-9-6-16(7-10-18)21(26)23-22-24(12-14-30-2)19-11-8-17(25(27)28)15-20(19)31-22/h6-11,15H,3-5,12-14H2,1-2H3. The molecule has 0 N–H and O–H groups in total. The Bertz CT molecular complexity index is 1120. The summed E-state index contributed by atoms with van der Waals surface area (Å²) in [6.45, 7) is 3.47. The first-order valence-electron chi connectivity index (χ1n) is 10.1. The molecule has 7 nitrogen and oxygen atoms in total. The normalized spacial score (nSPS) is 11.7. The SMILES string of the molecule is CCCCCOc1ccc(C(=O)N=c2sc3cc([N+](=O)[O-])ccc3n2CCSC)cc1. The summed E-state index contributed by atoms with van der Waals surface area (Å²) in [5.74, 6) is 1.22. The molecular weight excluding hydrogens is 434 g/mol. The molecule has 0 radical (unpaired) electrons. The Kier molecular flexibility index (Phi) is 8.25. The zero-order valence-corrected chi connectivity index (χ0v) is 19.2. The summed E-state index contributed by atoms with van der Waals surface area (Å²) in [6.07, 6.45) is 5.28. The minimum atomic E-state index is -0.417. The Morgan fingerprint density at radius 3 is 2.68 bits per heavy atom. The van der Waals surface area contributed by atoms with Crippen LogP contribution < -0.4 is 9.54 Å². The number of fused-ring (bicyclic) bond motifs is 1. The average molecular weight is 460 g/mol. The molecule has 0 saturated heterocycles. The number of carbonyl (C=O) groups is 1. The molecule has 0 aliphatic heterocycles. The Hall–Kier alpha value is -2.65. The van der Waals surface area contributed by atoms with Crippen LogP contribution in [0.15, 0.2) is 47.5 Å². The second-order valence-electron chi connectivity index (χ2n) is 6.94. The van der Waals surface area contributed by atoms with Gasteiger partial charge in [0.25, 0.3) is 11.6 Å². The van der Waals surface area contributed by atoms with Gasteiger partial charge in [0.05, 0.1) is 21.7 Å². The number of benzene rings is 2. The number of unbranched alkanes of at least 4 members (excludes halogenated alkanes) is 2. The highest BCUT2D eigenvalue weighted by molar-refractivity contribution is 7.98. The molecule has 1 aromatic heterocycles. The van der Waals surface area contributed by atoms with Crippen LogP contribution in [0.3, 0.4) is 0 Å². The van der Waals surface area contributed by atoms with Gasteiger partial charge < -0.3 is 9.30 Å². The van der Waals surface area contributed by atoms with Crippen LogP contribution >= 0.6 is 23.1 Å². The molecule has 0 saturated carbocycles. The molecule has 0 spiro atoms. The number of nitro benzene ring substituents is 1. The van der Waals surface area contributed by atoms with Crippen LogP contribution in [0, 0.1) is 10.1 Å². The smallest absolute Gasteiger partial charge is 0.279 e. The van der Waals surface area contributed by atoms with E-state index in [1.54, 1.807) is 42.1 Å². The zero-order valence-electron chi connectivity index (χ0n) is 17.6. The number of aromatic nitrogens is 1. The van der Waals surface area contributed by atoms with E-state index in [9.17, 15) is 14.9 Å². The van der Waals surface area contributed by atoms with Crippen molar-refractivity contribution in [1.29, 1.82) is 0 Å². The maximum Gasteiger partial charge on any atom is 0.279 e. The number of aryl methyl sites for hydroxylation is 1. The van der Waals surface area contributed by atoms with E-state index in [1.807, 2.05) is 10.8 Å². The summed E-state index contributed by atoms with van der Waals surface area (Å²) in [4.78, 5) is 28.3. The fourth-order valence-electron chi connectivity index (χ4n) is 3.05. The first kappa shape index (κ1) is 23.0. The molecule has 0 aliphatic carbocycles. The topological polar surface area (TPSA) is 86.7 Å². The van der Waals surface area contributed by atoms with Gasteiger partial charge in [-0.3, -0.25) is 14.9 Å². The van der Waals surface area contributed by atoms with Gasteiger partial charge in [-0.25, -0.2) is 0 Å². The Labute approximate surface area is 188 Å². The van der Waals surface area contributed by atoms with Gasteiger partial charge in [0.1, 0.15) is 5.75 Å². The first-order valence-corrected chi connectivity index (χ1v) is 12.3. The minimum Gasteiger partial charge on any atom is -0.494 e. The maximum absolute atomic E-state index is 12.8. The molecule has 0 bridgehead atoms. The predicted octanol–water partition coefficient (Wildman–Crippen LogP) is 5.28. The van der Waals surface area contributed by atoms with E-state index in [1.165, 1.54) is 23.5 Å². The monoisotopic (exact) mass is 459 g/mol. The minimum absolute atomic E-state index is 0.0261. The fraction of sp³-hybridized carbons (Fsp3) is 0.364. The number of thiazole rings is 1. The second kappa shape index (κ2) is 11.1. The lowest BCUT2D eigenvalue weighted by Crippen LogP contribution is -2.18. The number of carbonyl (C=O) groups excluding carboxylic acids is 1. The van der Waals surface area contributed by atoms with Gasteiger partial charge in [-0.2, -0.15) is 16.8 Å². The van der Waals surface area contributed by atoms with Crippen molar-refractivity contribution in [2.45, 2.75) is 32.7 Å². The molecule has 0 unspecified atom stereocenters. The molecule has 1 heterocycles. The third kappa shape index (κ3) is 5.95. The van der Waals surface area contributed by atoms with Crippen LogP contribution in [0.4, 0.5) is 5.69 Å². The van der Waals surface area contributed by atoms with Gasteiger partial charge in [0.15, 0.2) is 4.80 Å². The van der Waals surface area contributed by atoms with Gasteiger partial charge in [-0.05, 0) is 43.0 Å². The molecule has 0 fully saturated rings. The largest absolute Gasteiger partial charge is 0.494 e. The van der Waals surface area contributed by atoms with Crippen molar-refractivity contribution < 1.29 is 14.5 Å². The Morgan fingerprint density at radius 2 is 2.00 bits per heavy atom. The van der Waals surface area contributed by atoms with Crippen molar-refractivity contribution in [2.24, 2.45) is 4.99 Å². The lowest BCUT2D eigenvalue weighted by atomic mass is 10.2. The highest BCUT2D eigenvalue weighted by atomic mass is 32.2. The highest BCUT2D eigenvalue weighted by Gasteiger charge is 2.13. The summed E-state index contributed by atoms with van der Waals surface area (Å²) < 4.78 is 8.38. The number of hydrogen-bond acceptors (Lipinski definition) is 6. The second-order valence-corrected chi connectivity index (χ2v) is 8.93. The van der Waals surface area contributed by atoms with Crippen molar-refractivity contribution in [2.75, 3.05) is 18.6 Å². The van der Waals surface area contributed by atoms with Crippen molar-refractivity contribution in [1.82, 2.24) is 4.57 Å². The Balaban J connectivity index is 1.87. The van der Waals surface area contributed by atoms with Crippen molar-refractivity contribution >= 4 is 44.9 Å². The van der Waals surface area contributed by atoms with E-state index < -0.39 is 4.92 Å². The molecule has 3 rings (SSSR count). The van der Waals surface area contributed by atoms with Crippen LogP contribution in [0.25, 0.3) is 10.2 Å². The highest BCUT2D eigenvalue weighted by Crippen LogP contribution is 2.23. The molecule has 2 aromatic carbocycles. The molecule has 0 atom stereocenters. The number of non-ortho nitro benzene ring substituents is 1. The van der Waals surface area contributed by atoms with Gasteiger partial charge >= 0.3 is 0 Å². The molecule has 164 valence electrons. The van der Waals surface area contributed by atoms with Crippen LogP contribution in [0.2, 0.25) is 0 Å². The van der Waals surface area contributed by atoms with Crippen LogP contribution in [0.1, 0.15) is 36.5 Å². The van der Waals surface area contributed by atoms with Crippen molar-refractivity contribution in [3.63, 3.8) is 0 Å². The van der Waals surface area contributed by atoms with Gasteiger partial charge in [0, 0.05) is 30.0 Å². The first-order chi connectivity index (χ1) is 15.0. The van der Waals surface area contributed by atoms with Gasteiger partial charge in [-0.15, -0.1) is 0 Å². The molecular formula is C22H25N3O4S2. The molecule has 31 heavy (non-hydrogen) atoms. The number of rotatable bonds is 10. The average Bonchev–Trinajstić information content (AvgIpc) is 3.11. The van der Waals surface area contributed by atoms with E-state index in [0.29, 0.717) is 23.5 Å². The summed E-state index contributed by atoms with van der Waals surface area (Å²) in [6, 6.07) is 11.7. The van der Waals surface area contributed by atoms with Crippen molar-refractivity contribution in [3.05, 3.63) is 62.9 Å². The number of thioether (sulfide) groups is 1. The number of hydrogen-bond donors (Lipinski definition) is 0. The van der Waals surface area contributed by atoms with E-state index in [-0.39, 0.29) is 11.6 Å². The number of amides is 1. The number of nitrogens with zero attached hydrogens (tertiary/aromatic N) is 3. The lowest BCUT2D eigenvalue weighted by molar-refractivity contribution is -0.384. The van der Waals surface area contributed by atoms with Gasteiger partial charge in [0.2, 0.25) is 0 Å². The van der Waals surface area contributed by atoms with Crippen molar-refractivity contribution in [3.8, 4) is 5.75 Å². The molecule has 3 aromatic rings.